The summed E-state index contributed by atoms with van der Waals surface area (Å²) >= 11 is 0. The van der Waals surface area contributed by atoms with Crippen LogP contribution in [0.4, 0.5) is 11.4 Å². The summed E-state index contributed by atoms with van der Waals surface area (Å²) in [6.07, 6.45) is 3.23. The number of hydrogen-bond acceptors (Lipinski definition) is 7. The number of non-ortho nitro benzene ring substituents is 1. The molecule has 0 fully saturated rings. The molecule has 8 nitrogen and oxygen atoms in total. The molecule has 4 rings (SSSR count). The summed E-state index contributed by atoms with van der Waals surface area (Å²) < 4.78 is 5.54. The molecule has 0 amide bonds. The van der Waals surface area contributed by atoms with Crippen molar-refractivity contribution >= 4 is 17.2 Å². The van der Waals surface area contributed by atoms with Gasteiger partial charge in [0.05, 0.1) is 28.2 Å². The van der Waals surface area contributed by atoms with Gasteiger partial charge in [-0.05, 0) is 36.6 Å². The quantitative estimate of drug-likeness (QED) is 0.398. The van der Waals surface area contributed by atoms with Crippen molar-refractivity contribution in [2.45, 2.75) is 25.2 Å². The van der Waals surface area contributed by atoms with Crippen LogP contribution in [-0.2, 0) is 4.79 Å². The van der Waals surface area contributed by atoms with E-state index in [9.17, 15) is 20.2 Å². The van der Waals surface area contributed by atoms with Crippen molar-refractivity contribution in [3.63, 3.8) is 0 Å². The molecule has 166 valence electrons. The number of nitro benzene ring substituents is 1. The van der Waals surface area contributed by atoms with Gasteiger partial charge in [0.15, 0.2) is 5.78 Å². The van der Waals surface area contributed by atoms with E-state index in [1.54, 1.807) is 35.2 Å². The lowest BCUT2D eigenvalue weighted by Gasteiger charge is -2.39. The highest BCUT2D eigenvalue weighted by Crippen LogP contribution is 2.46. The lowest BCUT2D eigenvalue weighted by Crippen LogP contribution is -2.38. The van der Waals surface area contributed by atoms with Crippen molar-refractivity contribution in [3.05, 3.63) is 99.5 Å². The number of benzene rings is 2. The Labute approximate surface area is 191 Å². The number of hydrogen-bond donors (Lipinski definition) is 1. The molecule has 0 saturated heterocycles. The zero-order valence-corrected chi connectivity index (χ0v) is 17.9. The van der Waals surface area contributed by atoms with Crippen LogP contribution < -0.4 is 15.4 Å². The van der Waals surface area contributed by atoms with E-state index in [0.29, 0.717) is 48.6 Å². The van der Waals surface area contributed by atoms with Gasteiger partial charge < -0.3 is 10.5 Å². The van der Waals surface area contributed by atoms with Crippen molar-refractivity contribution in [2.75, 3.05) is 11.5 Å². The Morgan fingerprint density at radius 3 is 2.70 bits per heavy atom. The molecule has 1 aliphatic carbocycles. The second-order valence-electron chi connectivity index (χ2n) is 7.76. The molecule has 2 N–H and O–H groups in total. The van der Waals surface area contributed by atoms with Gasteiger partial charge in [-0.25, -0.2) is 0 Å². The first kappa shape index (κ1) is 21.8. The maximum atomic E-state index is 13.1. The van der Waals surface area contributed by atoms with Gasteiger partial charge in [-0.15, -0.1) is 0 Å². The molecule has 1 atom stereocenters. The highest BCUT2D eigenvalue weighted by molar-refractivity contribution is 6.01. The van der Waals surface area contributed by atoms with Crippen molar-refractivity contribution in [1.29, 1.82) is 5.26 Å². The van der Waals surface area contributed by atoms with Gasteiger partial charge in [0, 0.05) is 29.8 Å². The molecule has 1 aliphatic heterocycles. The van der Waals surface area contributed by atoms with E-state index in [2.05, 4.69) is 12.6 Å². The van der Waals surface area contributed by atoms with Crippen LogP contribution in [-0.4, -0.2) is 17.3 Å². The topological polar surface area (TPSA) is 122 Å². The zero-order valence-electron chi connectivity index (χ0n) is 17.9. The summed E-state index contributed by atoms with van der Waals surface area (Å²) in [6.45, 7) is 4.00. The molecule has 0 aromatic heterocycles. The summed E-state index contributed by atoms with van der Waals surface area (Å²) in [7, 11) is 0. The smallest absolute Gasteiger partial charge is 0.271 e. The Kier molecular flexibility index (Phi) is 5.96. The number of rotatable bonds is 6. The minimum Gasteiger partial charge on any atom is -0.490 e. The Hall–Kier alpha value is -4.38. The average molecular weight is 442 g/mol. The number of carbonyl (C=O) groups excluding carboxylic acids is 1. The number of Topliss-reactive ketones (excluding diaryl/α,β-unsaturated/α-hetero) is 1. The molecule has 0 spiro atoms. The summed E-state index contributed by atoms with van der Waals surface area (Å²) in [5, 5.41) is 21.4. The summed E-state index contributed by atoms with van der Waals surface area (Å²) in [5.41, 5.74) is 9.03. The molecular weight excluding hydrogens is 420 g/mol. The van der Waals surface area contributed by atoms with Gasteiger partial charge in [-0.3, -0.25) is 19.8 Å². The SMILES string of the molecule is C=CCOc1ccc(C2C(C#N)=C(N)N(c3cccc([N+](=O)[O-])c3)C3=C2C(=O)CCC3)cc1. The van der Waals surface area contributed by atoms with Gasteiger partial charge in [0.1, 0.15) is 18.2 Å². The third kappa shape index (κ3) is 3.96. The molecule has 33 heavy (non-hydrogen) atoms. The number of ether oxygens (including phenoxy) is 1. The van der Waals surface area contributed by atoms with E-state index >= 15 is 0 Å². The number of nitro groups is 1. The molecule has 2 aliphatic rings. The maximum absolute atomic E-state index is 13.1. The van der Waals surface area contributed by atoms with Crippen LogP contribution >= 0.6 is 0 Å². The molecule has 1 heterocycles. The molecular formula is C25H22N4O4. The molecule has 8 heteroatoms. The fourth-order valence-electron chi connectivity index (χ4n) is 4.37. The number of nitriles is 1. The molecule has 2 aromatic carbocycles. The maximum Gasteiger partial charge on any atom is 0.271 e. The molecule has 2 aromatic rings. The van der Waals surface area contributed by atoms with Crippen LogP contribution in [0.1, 0.15) is 30.7 Å². The van der Waals surface area contributed by atoms with E-state index in [4.69, 9.17) is 10.5 Å². The Balaban J connectivity index is 1.86. The van der Waals surface area contributed by atoms with Crippen molar-refractivity contribution in [3.8, 4) is 11.8 Å². The van der Waals surface area contributed by atoms with Crippen molar-refractivity contribution in [1.82, 2.24) is 0 Å². The summed E-state index contributed by atoms with van der Waals surface area (Å²) in [4.78, 5) is 25.6. The highest BCUT2D eigenvalue weighted by atomic mass is 16.6. The first-order valence-corrected chi connectivity index (χ1v) is 10.5. The van der Waals surface area contributed by atoms with Gasteiger partial charge >= 0.3 is 0 Å². The lowest BCUT2D eigenvalue weighted by molar-refractivity contribution is -0.384. The van der Waals surface area contributed by atoms with Crippen molar-refractivity contribution < 1.29 is 14.5 Å². The van der Waals surface area contributed by atoms with Gasteiger partial charge in [0.2, 0.25) is 0 Å². The zero-order chi connectivity index (χ0) is 23.5. The minimum atomic E-state index is -0.610. The normalized spacial score (nSPS) is 18.0. The number of carbonyl (C=O) groups is 1. The number of ketones is 1. The van der Waals surface area contributed by atoms with Gasteiger partial charge in [-0.2, -0.15) is 5.26 Å². The Morgan fingerprint density at radius 2 is 2.03 bits per heavy atom. The molecule has 1 unspecified atom stereocenters. The monoisotopic (exact) mass is 442 g/mol. The van der Waals surface area contributed by atoms with Crippen LogP contribution in [0.3, 0.4) is 0 Å². The fraction of sp³-hybridized carbons (Fsp3) is 0.200. The number of allylic oxidation sites excluding steroid dienone is 3. The van der Waals surface area contributed by atoms with Crippen LogP contribution in [0.5, 0.6) is 5.75 Å². The Morgan fingerprint density at radius 1 is 1.27 bits per heavy atom. The number of anilines is 1. The van der Waals surface area contributed by atoms with Gasteiger partial charge in [0.25, 0.3) is 5.69 Å². The summed E-state index contributed by atoms with van der Waals surface area (Å²) in [6, 6.07) is 15.4. The number of nitrogens with zero attached hydrogens (tertiary/aromatic N) is 3. The predicted octanol–water partition coefficient (Wildman–Crippen LogP) is 4.46. The molecule has 0 radical (unpaired) electrons. The third-order valence-electron chi connectivity index (χ3n) is 5.79. The van der Waals surface area contributed by atoms with E-state index in [1.807, 2.05) is 12.1 Å². The van der Waals surface area contributed by atoms with Crippen molar-refractivity contribution in [2.24, 2.45) is 5.73 Å². The summed E-state index contributed by atoms with van der Waals surface area (Å²) in [5.74, 6) is 0.154. The van der Waals surface area contributed by atoms with E-state index in [0.717, 1.165) is 5.56 Å². The first-order valence-electron chi connectivity index (χ1n) is 10.5. The second kappa shape index (κ2) is 9.01. The van der Waals surface area contributed by atoms with E-state index < -0.39 is 10.8 Å². The molecule has 0 bridgehead atoms. The third-order valence-corrected chi connectivity index (χ3v) is 5.79. The van der Waals surface area contributed by atoms with E-state index in [-0.39, 0.29) is 22.9 Å². The highest BCUT2D eigenvalue weighted by Gasteiger charge is 2.40. The second-order valence-corrected chi connectivity index (χ2v) is 7.76. The first-order chi connectivity index (χ1) is 16.0. The standard InChI is InChI=1S/C25H22N4O4/c1-2-13-33-19-11-9-16(10-12-19)23-20(15-26)25(27)28(21-7-4-8-22(30)24(21)23)17-5-3-6-18(14-17)29(31)32/h2-3,5-6,9-12,14,23H,1,4,7-8,13,27H2. The molecule has 0 saturated carbocycles. The lowest BCUT2D eigenvalue weighted by atomic mass is 9.75. The fourth-order valence-corrected chi connectivity index (χ4v) is 4.37. The van der Waals surface area contributed by atoms with Crippen LogP contribution in [0.15, 0.2) is 83.9 Å². The Bertz CT molecular complexity index is 1240. The van der Waals surface area contributed by atoms with Crippen LogP contribution in [0, 0.1) is 21.4 Å². The number of nitrogens with two attached hydrogens (primary N) is 1. The van der Waals surface area contributed by atoms with Crippen LogP contribution in [0.25, 0.3) is 0 Å². The largest absolute Gasteiger partial charge is 0.490 e. The average Bonchev–Trinajstić information content (AvgIpc) is 2.82. The van der Waals surface area contributed by atoms with E-state index in [1.165, 1.54) is 12.1 Å². The van der Waals surface area contributed by atoms with Crippen LogP contribution in [0.2, 0.25) is 0 Å². The van der Waals surface area contributed by atoms with Gasteiger partial charge in [-0.1, -0.05) is 30.9 Å². The minimum absolute atomic E-state index is 0.0519. The predicted molar refractivity (Wildman–Crippen MR) is 123 cm³/mol.